The summed E-state index contributed by atoms with van der Waals surface area (Å²) in [6, 6.07) is 12.2. The Kier molecular flexibility index (Phi) is 4.84. The van der Waals surface area contributed by atoms with E-state index in [-0.39, 0.29) is 0 Å². The van der Waals surface area contributed by atoms with Gasteiger partial charge in [-0.2, -0.15) is 5.26 Å². The lowest BCUT2D eigenvalue weighted by molar-refractivity contribution is 0.163. The first-order valence-corrected chi connectivity index (χ1v) is 8.00. The molecule has 5 heteroatoms. The van der Waals surface area contributed by atoms with Crippen LogP contribution in [0.25, 0.3) is 0 Å². The lowest BCUT2D eigenvalue weighted by Gasteiger charge is -2.37. The third-order valence-electron chi connectivity index (χ3n) is 4.35. The summed E-state index contributed by atoms with van der Waals surface area (Å²) in [5.41, 5.74) is 1.72. The van der Waals surface area contributed by atoms with Gasteiger partial charge in [0.1, 0.15) is 11.9 Å². The van der Waals surface area contributed by atoms with E-state index in [2.05, 4.69) is 39.2 Å². The molecule has 0 spiro atoms. The molecule has 3 heterocycles. The van der Waals surface area contributed by atoms with E-state index in [1.54, 1.807) is 18.3 Å². The van der Waals surface area contributed by atoms with Crippen molar-refractivity contribution in [3.05, 3.63) is 54.0 Å². The van der Waals surface area contributed by atoms with Crippen LogP contribution in [-0.4, -0.2) is 34.0 Å². The van der Waals surface area contributed by atoms with Crippen LogP contribution in [-0.2, 0) is 6.54 Å². The van der Waals surface area contributed by atoms with Gasteiger partial charge in [-0.3, -0.25) is 9.88 Å². The molecule has 0 radical (unpaired) electrons. The molecular formula is C18H21N5. The molecule has 23 heavy (non-hydrogen) atoms. The van der Waals surface area contributed by atoms with Crippen molar-refractivity contribution in [2.24, 2.45) is 5.92 Å². The van der Waals surface area contributed by atoms with Crippen molar-refractivity contribution in [1.82, 2.24) is 14.9 Å². The third kappa shape index (κ3) is 3.85. The van der Waals surface area contributed by atoms with Crippen LogP contribution in [0, 0.1) is 17.2 Å². The van der Waals surface area contributed by atoms with Gasteiger partial charge < -0.3 is 5.32 Å². The second-order valence-corrected chi connectivity index (χ2v) is 6.08. The van der Waals surface area contributed by atoms with Gasteiger partial charge in [-0.25, -0.2) is 4.98 Å². The average molecular weight is 307 g/mol. The molecule has 1 N–H and O–H groups in total. The second kappa shape index (κ2) is 7.21. The average Bonchev–Trinajstić information content (AvgIpc) is 2.59. The minimum atomic E-state index is 0.344. The maximum atomic E-state index is 9.17. The first-order chi connectivity index (χ1) is 11.3. The number of nitrogens with zero attached hydrogens (tertiary/aromatic N) is 4. The van der Waals surface area contributed by atoms with Crippen LogP contribution in [0.15, 0.2) is 42.7 Å². The Morgan fingerprint density at radius 2 is 2.13 bits per heavy atom. The summed E-state index contributed by atoms with van der Waals surface area (Å²) >= 11 is 0. The molecule has 0 aliphatic carbocycles. The number of nitrogens with one attached hydrogen (secondary N) is 1. The fourth-order valence-electron chi connectivity index (χ4n) is 3.10. The molecule has 0 saturated carbocycles. The summed E-state index contributed by atoms with van der Waals surface area (Å²) in [7, 11) is 0. The number of piperidine rings is 1. The molecule has 0 bridgehead atoms. The monoisotopic (exact) mass is 307 g/mol. The van der Waals surface area contributed by atoms with Crippen LogP contribution in [0.2, 0.25) is 0 Å². The predicted octanol–water partition coefficient (Wildman–Crippen LogP) is 2.67. The largest absolute Gasteiger partial charge is 0.366 e. The van der Waals surface area contributed by atoms with Crippen molar-refractivity contribution in [3.63, 3.8) is 0 Å². The maximum Gasteiger partial charge on any atom is 0.144 e. The van der Waals surface area contributed by atoms with Gasteiger partial charge in [0.05, 0.1) is 11.3 Å². The molecule has 1 aliphatic rings. The first kappa shape index (κ1) is 15.4. The van der Waals surface area contributed by atoms with Crippen molar-refractivity contribution in [1.29, 1.82) is 5.26 Å². The Hall–Kier alpha value is -2.45. The number of rotatable bonds is 4. The number of pyridine rings is 2. The van der Waals surface area contributed by atoms with Crippen LogP contribution in [0.5, 0.6) is 0 Å². The van der Waals surface area contributed by atoms with Gasteiger partial charge in [-0.05, 0) is 36.6 Å². The van der Waals surface area contributed by atoms with Crippen molar-refractivity contribution in [3.8, 4) is 6.07 Å². The highest BCUT2D eigenvalue weighted by Gasteiger charge is 2.26. The zero-order valence-corrected chi connectivity index (χ0v) is 13.3. The van der Waals surface area contributed by atoms with Gasteiger partial charge in [0, 0.05) is 38.1 Å². The Bertz CT molecular complexity index is 679. The number of hydrogen-bond donors (Lipinski definition) is 1. The summed E-state index contributed by atoms with van der Waals surface area (Å²) in [6.07, 6.45) is 4.61. The number of anilines is 1. The molecule has 1 saturated heterocycles. The molecule has 2 atom stereocenters. The molecule has 2 unspecified atom stereocenters. The summed E-state index contributed by atoms with van der Waals surface area (Å²) in [4.78, 5) is 11.2. The van der Waals surface area contributed by atoms with Crippen LogP contribution in [0.3, 0.4) is 0 Å². The standard InChI is InChI=1S/C18H21N5/c1-14-12-23(13-16-6-2-3-8-20-16)10-7-17(14)22-18-15(11-19)5-4-9-21-18/h2-6,8-9,14,17H,7,10,12-13H2,1H3,(H,21,22). The Morgan fingerprint density at radius 1 is 1.26 bits per heavy atom. The van der Waals surface area contributed by atoms with Gasteiger partial charge in [0.2, 0.25) is 0 Å². The highest BCUT2D eigenvalue weighted by atomic mass is 15.2. The topological polar surface area (TPSA) is 64.8 Å². The number of nitriles is 1. The van der Waals surface area contributed by atoms with Gasteiger partial charge in [0.15, 0.2) is 0 Å². The van der Waals surface area contributed by atoms with E-state index in [1.807, 2.05) is 18.3 Å². The molecule has 0 aromatic carbocycles. The van der Waals surface area contributed by atoms with Crippen LogP contribution >= 0.6 is 0 Å². The van der Waals surface area contributed by atoms with Crippen molar-refractivity contribution < 1.29 is 0 Å². The van der Waals surface area contributed by atoms with Crippen LogP contribution in [0.1, 0.15) is 24.6 Å². The van der Waals surface area contributed by atoms with E-state index in [1.165, 1.54) is 0 Å². The maximum absolute atomic E-state index is 9.17. The van der Waals surface area contributed by atoms with Gasteiger partial charge in [0.25, 0.3) is 0 Å². The normalized spacial score (nSPS) is 21.6. The number of hydrogen-bond acceptors (Lipinski definition) is 5. The smallest absolute Gasteiger partial charge is 0.144 e. The van der Waals surface area contributed by atoms with E-state index < -0.39 is 0 Å². The predicted molar refractivity (Wildman–Crippen MR) is 89.7 cm³/mol. The van der Waals surface area contributed by atoms with E-state index in [4.69, 9.17) is 0 Å². The zero-order valence-electron chi connectivity index (χ0n) is 13.3. The molecule has 2 aromatic rings. The summed E-state index contributed by atoms with van der Waals surface area (Å²) < 4.78 is 0. The quantitative estimate of drug-likeness (QED) is 0.941. The highest BCUT2D eigenvalue weighted by molar-refractivity contribution is 5.51. The Labute approximate surface area is 137 Å². The van der Waals surface area contributed by atoms with Crippen LogP contribution < -0.4 is 5.32 Å². The van der Waals surface area contributed by atoms with Crippen molar-refractivity contribution in [2.45, 2.75) is 25.9 Å². The van der Waals surface area contributed by atoms with E-state index in [9.17, 15) is 5.26 Å². The van der Waals surface area contributed by atoms with Gasteiger partial charge in [-0.1, -0.05) is 13.0 Å². The fourth-order valence-corrected chi connectivity index (χ4v) is 3.10. The van der Waals surface area contributed by atoms with Crippen molar-refractivity contribution in [2.75, 3.05) is 18.4 Å². The first-order valence-electron chi connectivity index (χ1n) is 8.00. The fraction of sp³-hybridized carbons (Fsp3) is 0.389. The SMILES string of the molecule is CC1CN(Cc2ccccn2)CCC1Nc1ncccc1C#N. The highest BCUT2D eigenvalue weighted by Crippen LogP contribution is 2.22. The second-order valence-electron chi connectivity index (χ2n) is 6.08. The summed E-state index contributed by atoms with van der Waals surface area (Å²) in [5.74, 6) is 1.19. The Morgan fingerprint density at radius 3 is 2.87 bits per heavy atom. The molecule has 118 valence electrons. The van der Waals surface area contributed by atoms with Gasteiger partial charge in [-0.15, -0.1) is 0 Å². The zero-order chi connectivity index (χ0) is 16.1. The van der Waals surface area contributed by atoms with Crippen molar-refractivity contribution >= 4 is 5.82 Å². The summed E-state index contributed by atoms with van der Waals surface area (Å²) in [6.45, 7) is 5.18. The number of likely N-dealkylation sites (tertiary alicyclic amines) is 1. The third-order valence-corrected chi connectivity index (χ3v) is 4.35. The van der Waals surface area contributed by atoms with Crippen LogP contribution in [0.4, 0.5) is 5.82 Å². The molecule has 1 fully saturated rings. The minimum Gasteiger partial charge on any atom is -0.366 e. The molecular weight excluding hydrogens is 286 g/mol. The van der Waals surface area contributed by atoms with Gasteiger partial charge >= 0.3 is 0 Å². The Balaban J connectivity index is 1.60. The molecule has 1 aliphatic heterocycles. The molecule has 3 rings (SSSR count). The summed E-state index contributed by atoms with van der Waals surface area (Å²) in [5, 5.41) is 12.6. The van der Waals surface area contributed by atoms with E-state index in [0.717, 1.165) is 31.7 Å². The minimum absolute atomic E-state index is 0.344. The molecule has 5 nitrogen and oxygen atoms in total. The van der Waals surface area contributed by atoms with E-state index in [0.29, 0.717) is 23.3 Å². The molecule has 2 aromatic heterocycles. The lowest BCUT2D eigenvalue weighted by atomic mass is 9.93. The molecule has 0 amide bonds. The lowest BCUT2D eigenvalue weighted by Crippen LogP contribution is -2.45. The van der Waals surface area contributed by atoms with E-state index >= 15 is 0 Å². The number of aromatic nitrogens is 2.